The van der Waals surface area contributed by atoms with Crippen molar-refractivity contribution in [2.75, 3.05) is 11.5 Å². The van der Waals surface area contributed by atoms with Crippen molar-refractivity contribution in [1.82, 2.24) is 0 Å². The molecule has 0 aromatic heterocycles. The van der Waals surface area contributed by atoms with Crippen LogP contribution in [0, 0.1) is 0 Å². The number of anilines is 2. The lowest BCUT2D eigenvalue weighted by Gasteiger charge is -2.14. The molecule has 0 fully saturated rings. The average molecular weight is 703 g/mol. The zero-order chi connectivity index (χ0) is 33.7. The molecule has 4 aromatic rings. The Morgan fingerprint density at radius 1 is 0.556 bits per heavy atom. The second-order valence-corrected chi connectivity index (χ2v) is 14.4. The van der Waals surface area contributed by atoms with E-state index in [0.717, 1.165) is 0 Å². The van der Waals surface area contributed by atoms with Gasteiger partial charge in [-0.25, -0.2) is 0 Å². The van der Waals surface area contributed by atoms with Crippen molar-refractivity contribution in [2.45, 2.75) is 19.6 Å². The maximum Gasteiger partial charge on any atom is 0.296 e. The van der Waals surface area contributed by atoms with E-state index in [-0.39, 0.29) is 5.69 Å². The van der Waals surface area contributed by atoms with Gasteiger partial charge in [-0.2, -0.15) is 38.8 Å². The van der Waals surface area contributed by atoms with Crippen LogP contribution in [0.25, 0.3) is 10.8 Å². The van der Waals surface area contributed by atoms with E-state index in [9.17, 15) is 57.0 Å². The molecule has 0 bridgehead atoms. The summed E-state index contributed by atoms with van der Waals surface area (Å²) >= 11 is 0. The van der Waals surface area contributed by atoms with Gasteiger partial charge in [-0.3, -0.25) is 18.2 Å². The number of nitrogen functional groups attached to an aromatic ring is 2. The smallest absolute Gasteiger partial charge is 0.296 e. The van der Waals surface area contributed by atoms with Crippen LogP contribution in [0.1, 0.15) is 0 Å². The first-order chi connectivity index (χ1) is 20.6. The number of fused-ring (bicyclic) bond motifs is 1. The minimum Gasteiger partial charge on any atom is -0.505 e. The summed E-state index contributed by atoms with van der Waals surface area (Å²) in [5, 5.41) is 24.5. The summed E-state index contributed by atoms with van der Waals surface area (Å²) in [6.07, 6.45) is 0. The molecular weight excluding hydrogens is 685 g/mol. The number of nitrogens with two attached hydrogens (primary N) is 2. The summed E-state index contributed by atoms with van der Waals surface area (Å²) in [6, 6.07) is 8.47. The van der Waals surface area contributed by atoms with E-state index in [4.69, 9.17) is 11.5 Å². The molecule has 23 heteroatoms. The van der Waals surface area contributed by atoms with Crippen LogP contribution in [0.4, 0.5) is 34.1 Å². The highest BCUT2D eigenvalue weighted by Crippen LogP contribution is 2.48. The van der Waals surface area contributed by atoms with E-state index in [0.29, 0.717) is 36.0 Å². The molecule has 0 radical (unpaired) electrons. The molecular formula is C22H18N6O13S4. The van der Waals surface area contributed by atoms with Gasteiger partial charge in [0.1, 0.15) is 31.7 Å². The van der Waals surface area contributed by atoms with Crippen molar-refractivity contribution in [1.29, 1.82) is 0 Å². The molecule has 0 aliphatic rings. The van der Waals surface area contributed by atoms with Crippen LogP contribution in [0.3, 0.4) is 0 Å². The van der Waals surface area contributed by atoms with Crippen molar-refractivity contribution >= 4 is 85.4 Å². The molecule has 4 rings (SSSR count). The van der Waals surface area contributed by atoms with Gasteiger partial charge in [-0.05, 0) is 60.0 Å². The Morgan fingerprint density at radius 2 is 1.07 bits per heavy atom. The lowest BCUT2D eigenvalue weighted by Crippen LogP contribution is -2.04. The van der Waals surface area contributed by atoms with Crippen molar-refractivity contribution in [3.63, 3.8) is 0 Å². The van der Waals surface area contributed by atoms with Gasteiger partial charge in [-0.15, -0.1) is 15.3 Å². The molecule has 4 aromatic carbocycles. The fraction of sp³-hybridized carbons (Fsp3) is 0. The summed E-state index contributed by atoms with van der Waals surface area (Å²) in [5.41, 5.74) is 8.83. The molecule has 9 N–H and O–H groups in total. The quantitative estimate of drug-likeness (QED) is 0.0784. The largest absolute Gasteiger partial charge is 0.505 e. The molecule has 0 saturated heterocycles. The summed E-state index contributed by atoms with van der Waals surface area (Å²) in [6.45, 7) is 0. The fourth-order valence-corrected chi connectivity index (χ4v) is 6.36. The Hall–Kier alpha value is -4.62. The second kappa shape index (κ2) is 11.4. The van der Waals surface area contributed by atoms with E-state index in [1.165, 1.54) is 24.3 Å². The van der Waals surface area contributed by atoms with Gasteiger partial charge < -0.3 is 16.6 Å². The first-order valence-electron chi connectivity index (χ1n) is 11.4. The predicted molar refractivity (Wildman–Crippen MR) is 155 cm³/mol. The van der Waals surface area contributed by atoms with Gasteiger partial charge in [0.2, 0.25) is 0 Å². The Morgan fingerprint density at radius 3 is 1.58 bits per heavy atom. The van der Waals surface area contributed by atoms with Crippen LogP contribution in [0.15, 0.2) is 94.6 Å². The highest BCUT2D eigenvalue weighted by atomic mass is 32.2. The standard InChI is InChI=1S/C22H18N6O13S4/c23-11-1-3-12(4-2-11)25-27-20-16(44(36,37)38)7-10-8-17(45(39,40)41)21(22(29)18(10)19(20)24)28-26-14-6-5-13(42(30,31)32)9-15(14)43(33,34)35/h1-9,29H,23-24H2,(H,30,31,32)(H,33,34,35)(H,36,37,38)(H,39,40,41). The third-order valence-electron chi connectivity index (χ3n) is 5.79. The van der Waals surface area contributed by atoms with Crippen LogP contribution in [0.2, 0.25) is 0 Å². The zero-order valence-electron chi connectivity index (χ0n) is 21.8. The van der Waals surface area contributed by atoms with Crippen molar-refractivity contribution < 1.29 is 57.0 Å². The number of rotatable bonds is 8. The molecule has 0 saturated carbocycles. The van der Waals surface area contributed by atoms with Crippen molar-refractivity contribution in [3.05, 3.63) is 54.6 Å². The minimum atomic E-state index is -5.34. The first kappa shape index (κ1) is 33.3. The van der Waals surface area contributed by atoms with E-state index in [1.807, 2.05) is 0 Å². The molecule has 0 aliphatic heterocycles. The van der Waals surface area contributed by atoms with E-state index < -0.39 is 99.3 Å². The predicted octanol–water partition coefficient (Wildman–Crippen LogP) is 3.53. The number of phenolic OH excluding ortho intramolecular Hbond substituents is 1. The average Bonchev–Trinajstić information content (AvgIpc) is 2.90. The first-order valence-corrected chi connectivity index (χ1v) is 17.2. The van der Waals surface area contributed by atoms with Gasteiger partial charge in [-0.1, -0.05) is 0 Å². The van der Waals surface area contributed by atoms with E-state index >= 15 is 0 Å². The van der Waals surface area contributed by atoms with Gasteiger partial charge in [0.05, 0.1) is 21.7 Å². The van der Waals surface area contributed by atoms with E-state index in [1.54, 1.807) is 0 Å². The summed E-state index contributed by atoms with van der Waals surface area (Å²) in [4.78, 5) is -4.42. The van der Waals surface area contributed by atoms with Crippen LogP contribution in [-0.4, -0.2) is 57.0 Å². The molecule has 0 amide bonds. The summed E-state index contributed by atoms with van der Waals surface area (Å²) in [7, 11) is -20.7. The topological polar surface area (TPSA) is 339 Å². The van der Waals surface area contributed by atoms with Crippen molar-refractivity contribution in [2.24, 2.45) is 20.5 Å². The molecule has 0 spiro atoms. The monoisotopic (exact) mass is 702 g/mol. The van der Waals surface area contributed by atoms with Crippen molar-refractivity contribution in [3.8, 4) is 5.75 Å². The molecule has 0 unspecified atom stereocenters. The third kappa shape index (κ3) is 7.04. The lowest BCUT2D eigenvalue weighted by atomic mass is 10.1. The Labute approximate surface area is 253 Å². The van der Waals surface area contributed by atoms with Gasteiger partial charge >= 0.3 is 0 Å². The Balaban J connectivity index is 2.04. The van der Waals surface area contributed by atoms with Crippen LogP contribution >= 0.6 is 0 Å². The SMILES string of the molecule is Nc1ccc(N=Nc2c(S(=O)(=O)O)cc3cc(S(=O)(=O)O)c(N=Nc4ccc(S(=O)(=O)O)cc4S(=O)(=O)O)c(O)c3c2N)cc1. The second-order valence-electron chi connectivity index (χ2n) is 8.83. The molecule has 0 aliphatic carbocycles. The number of phenols is 1. The maximum absolute atomic E-state index is 12.2. The lowest BCUT2D eigenvalue weighted by molar-refractivity contribution is 0.471. The van der Waals surface area contributed by atoms with E-state index in [2.05, 4.69) is 20.5 Å². The number of hydrogen-bond donors (Lipinski definition) is 7. The zero-order valence-corrected chi connectivity index (χ0v) is 25.0. The molecule has 0 atom stereocenters. The molecule has 238 valence electrons. The number of azo groups is 2. The minimum absolute atomic E-state index is 0.139. The Bertz CT molecular complexity index is 2390. The maximum atomic E-state index is 12.2. The van der Waals surface area contributed by atoms with Crippen LogP contribution in [-0.2, 0) is 40.5 Å². The van der Waals surface area contributed by atoms with Crippen LogP contribution in [0.5, 0.6) is 5.75 Å². The molecule has 19 nitrogen and oxygen atoms in total. The van der Waals surface area contributed by atoms with Crippen LogP contribution < -0.4 is 11.5 Å². The number of benzene rings is 4. The number of nitrogens with zero attached hydrogens (tertiary/aromatic N) is 4. The van der Waals surface area contributed by atoms with Gasteiger partial charge in [0.25, 0.3) is 40.5 Å². The summed E-state index contributed by atoms with van der Waals surface area (Å²) < 4.78 is 134. The van der Waals surface area contributed by atoms with Gasteiger partial charge in [0.15, 0.2) is 5.75 Å². The number of aromatic hydroxyl groups is 1. The molecule has 0 heterocycles. The van der Waals surface area contributed by atoms with Gasteiger partial charge in [0, 0.05) is 5.69 Å². The highest BCUT2D eigenvalue weighted by Gasteiger charge is 2.28. The highest BCUT2D eigenvalue weighted by molar-refractivity contribution is 7.87. The number of hydrogen-bond acceptors (Lipinski definition) is 15. The third-order valence-corrected chi connectivity index (χ3v) is 9.26. The Kier molecular flexibility index (Phi) is 8.42. The molecule has 45 heavy (non-hydrogen) atoms. The normalized spacial score (nSPS) is 13.2. The summed E-state index contributed by atoms with van der Waals surface area (Å²) in [5.74, 6) is -1.19. The fourth-order valence-electron chi connectivity index (χ4n) is 3.80.